The number of hydrogen-bond donors (Lipinski definition) is 2. The largest absolute Gasteiger partial charge is 0.397 e. The van der Waals surface area contributed by atoms with Crippen LogP contribution in [0.3, 0.4) is 0 Å². The minimum atomic E-state index is -4.39. The average Bonchev–Trinajstić information content (AvgIpc) is 2.97. The Labute approximate surface area is 137 Å². The number of nitrogens with two attached hydrogens (primary N) is 1. The molecule has 0 bridgehead atoms. The molecule has 0 radical (unpaired) electrons. The standard InChI is InChI=1S/C16H12N4O3S/c17-12-7-3-4-8-14(12)20-18-13-9-15(24(21,22)23)10-5-1-2-6-11(10)16(13)19-20/h1-9H,17H2,(H,21,22,23). The van der Waals surface area contributed by atoms with E-state index in [1.165, 1.54) is 10.9 Å². The van der Waals surface area contributed by atoms with Crippen LogP contribution in [0.2, 0.25) is 0 Å². The van der Waals surface area contributed by atoms with E-state index < -0.39 is 10.1 Å². The number of nitrogen functional groups attached to an aromatic ring is 1. The van der Waals surface area contributed by atoms with Gasteiger partial charge in [-0.3, -0.25) is 4.55 Å². The van der Waals surface area contributed by atoms with Crippen molar-refractivity contribution in [1.29, 1.82) is 0 Å². The smallest absolute Gasteiger partial charge is 0.295 e. The molecule has 4 aromatic rings. The van der Waals surface area contributed by atoms with Gasteiger partial charge < -0.3 is 5.73 Å². The van der Waals surface area contributed by atoms with Gasteiger partial charge in [0.15, 0.2) is 0 Å². The van der Waals surface area contributed by atoms with Gasteiger partial charge in [0.25, 0.3) is 10.1 Å². The summed E-state index contributed by atoms with van der Waals surface area (Å²) in [5.74, 6) is 0. The maximum atomic E-state index is 11.7. The van der Waals surface area contributed by atoms with Crippen molar-refractivity contribution in [3.8, 4) is 5.69 Å². The molecular formula is C16H12N4O3S. The van der Waals surface area contributed by atoms with E-state index in [9.17, 15) is 13.0 Å². The maximum absolute atomic E-state index is 11.7. The lowest BCUT2D eigenvalue weighted by Gasteiger charge is -2.03. The summed E-state index contributed by atoms with van der Waals surface area (Å²) >= 11 is 0. The third-order valence-electron chi connectivity index (χ3n) is 3.79. The Morgan fingerprint density at radius 2 is 1.62 bits per heavy atom. The molecule has 8 heteroatoms. The molecule has 0 aliphatic rings. The molecule has 24 heavy (non-hydrogen) atoms. The van der Waals surface area contributed by atoms with E-state index in [1.807, 2.05) is 0 Å². The SMILES string of the molecule is Nc1ccccc1-n1nc2cc(S(=O)(=O)O)c3ccccc3c2n1. The van der Waals surface area contributed by atoms with Crippen molar-refractivity contribution in [2.24, 2.45) is 0 Å². The third kappa shape index (κ3) is 2.20. The Morgan fingerprint density at radius 3 is 2.33 bits per heavy atom. The number of rotatable bonds is 2. The van der Waals surface area contributed by atoms with E-state index in [2.05, 4.69) is 10.2 Å². The predicted molar refractivity (Wildman–Crippen MR) is 90.6 cm³/mol. The monoisotopic (exact) mass is 340 g/mol. The van der Waals surface area contributed by atoms with Crippen LogP contribution in [-0.2, 0) is 10.1 Å². The fraction of sp³-hybridized carbons (Fsp3) is 0. The first-order valence-electron chi connectivity index (χ1n) is 7.06. The molecule has 1 aromatic heterocycles. The van der Waals surface area contributed by atoms with Crippen LogP contribution in [0.4, 0.5) is 5.69 Å². The molecule has 0 amide bonds. The van der Waals surface area contributed by atoms with Crippen molar-refractivity contribution in [3.63, 3.8) is 0 Å². The van der Waals surface area contributed by atoms with Crippen LogP contribution < -0.4 is 5.73 Å². The molecule has 0 aliphatic heterocycles. The van der Waals surface area contributed by atoms with Crippen molar-refractivity contribution in [2.45, 2.75) is 4.90 Å². The topological polar surface area (TPSA) is 111 Å². The molecule has 0 saturated carbocycles. The maximum Gasteiger partial charge on any atom is 0.295 e. The normalized spacial score (nSPS) is 12.0. The van der Waals surface area contributed by atoms with E-state index in [1.54, 1.807) is 48.5 Å². The second kappa shape index (κ2) is 5.02. The second-order valence-electron chi connectivity index (χ2n) is 5.31. The summed E-state index contributed by atoms with van der Waals surface area (Å²) in [6.07, 6.45) is 0. The van der Waals surface area contributed by atoms with Crippen molar-refractivity contribution in [2.75, 3.05) is 5.73 Å². The highest BCUT2D eigenvalue weighted by Crippen LogP contribution is 2.30. The summed E-state index contributed by atoms with van der Waals surface area (Å²) in [5, 5.41) is 9.74. The summed E-state index contributed by atoms with van der Waals surface area (Å²) < 4.78 is 32.9. The van der Waals surface area contributed by atoms with Gasteiger partial charge in [0.05, 0.1) is 5.69 Å². The van der Waals surface area contributed by atoms with Crippen LogP contribution in [0, 0.1) is 0 Å². The van der Waals surface area contributed by atoms with E-state index in [0.29, 0.717) is 33.2 Å². The molecule has 0 aliphatic carbocycles. The summed E-state index contributed by atoms with van der Waals surface area (Å²) in [4.78, 5) is 1.17. The fourth-order valence-electron chi connectivity index (χ4n) is 2.70. The van der Waals surface area contributed by atoms with E-state index in [0.717, 1.165) is 0 Å². The lowest BCUT2D eigenvalue weighted by atomic mass is 10.1. The summed E-state index contributed by atoms with van der Waals surface area (Å²) in [6, 6.07) is 15.2. The number of fused-ring (bicyclic) bond motifs is 3. The zero-order valence-corrected chi connectivity index (χ0v) is 13.1. The van der Waals surface area contributed by atoms with Gasteiger partial charge >= 0.3 is 0 Å². The van der Waals surface area contributed by atoms with Gasteiger partial charge in [-0.25, -0.2) is 0 Å². The van der Waals surface area contributed by atoms with E-state index in [4.69, 9.17) is 5.73 Å². The Morgan fingerprint density at radius 1 is 0.958 bits per heavy atom. The molecule has 0 atom stereocenters. The highest BCUT2D eigenvalue weighted by atomic mass is 32.2. The van der Waals surface area contributed by atoms with Gasteiger partial charge in [0.2, 0.25) is 0 Å². The molecule has 3 aromatic carbocycles. The van der Waals surface area contributed by atoms with Crippen LogP contribution >= 0.6 is 0 Å². The number of aromatic nitrogens is 3. The first kappa shape index (κ1) is 14.6. The molecule has 7 nitrogen and oxygen atoms in total. The number of hydrogen-bond acceptors (Lipinski definition) is 5. The van der Waals surface area contributed by atoms with Crippen molar-refractivity contribution >= 4 is 37.6 Å². The van der Waals surface area contributed by atoms with Crippen LogP contribution in [-0.4, -0.2) is 28.0 Å². The van der Waals surface area contributed by atoms with Crippen LogP contribution in [0.15, 0.2) is 59.5 Å². The van der Waals surface area contributed by atoms with Crippen LogP contribution in [0.1, 0.15) is 0 Å². The molecule has 4 rings (SSSR count). The Hall–Kier alpha value is -2.97. The van der Waals surface area contributed by atoms with E-state index >= 15 is 0 Å². The molecule has 0 unspecified atom stereocenters. The number of nitrogens with zero attached hydrogens (tertiary/aromatic N) is 3. The minimum Gasteiger partial charge on any atom is -0.397 e. The summed E-state index contributed by atoms with van der Waals surface area (Å²) in [6.45, 7) is 0. The molecule has 120 valence electrons. The molecule has 0 spiro atoms. The van der Waals surface area contributed by atoms with Crippen LogP contribution in [0.5, 0.6) is 0 Å². The van der Waals surface area contributed by atoms with Gasteiger partial charge in [-0.15, -0.1) is 15.0 Å². The highest BCUT2D eigenvalue weighted by Gasteiger charge is 2.19. The Kier molecular flexibility index (Phi) is 3.05. The lowest BCUT2D eigenvalue weighted by molar-refractivity contribution is 0.484. The zero-order valence-electron chi connectivity index (χ0n) is 12.3. The zero-order chi connectivity index (χ0) is 16.9. The minimum absolute atomic E-state index is 0.196. The molecule has 3 N–H and O–H groups in total. The van der Waals surface area contributed by atoms with E-state index in [-0.39, 0.29) is 4.90 Å². The number of anilines is 1. The molecule has 1 heterocycles. The van der Waals surface area contributed by atoms with Crippen molar-refractivity contribution in [3.05, 3.63) is 54.6 Å². The number of benzene rings is 3. The Balaban J connectivity index is 2.11. The first-order valence-corrected chi connectivity index (χ1v) is 8.50. The quantitative estimate of drug-likeness (QED) is 0.428. The van der Waals surface area contributed by atoms with Crippen LogP contribution in [0.25, 0.3) is 27.5 Å². The molecular weight excluding hydrogens is 328 g/mol. The van der Waals surface area contributed by atoms with Gasteiger partial charge in [0.1, 0.15) is 21.6 Å². The van der Waals surface area contributed by atoms with Gasteiger partial charge in [-0.1, -0.05) is 36.4 Å². The fourth-order valence-corrected chi connectivity index (χ4v) is 3.42. The van der Waals surface area contributed by atoms with Gasteiger partial charge in [-0.05, 0) is 18.2 Å². The molecule has 0 fully saturated rings. The van der Waals surface area contributed by atoms with Gasteiger partial charge in [0, 0.05) is 10.8 Å². The summed E-state index contributed by atoms with van der Waals surface area (Å²) in [7, 11) is -4.39. The Bertz CT molecular complexity index is 1200. The highest BCUT2D eigenvalue weighted by molar-refractivity contribution is 7.86. The number of para-hydroxylation sites is 2. The molecule has 0 saturated heterocycles. The van der Waals surface area contributed by atoms with Gasteiger partial charge in [-0.2, -0.15) is 8.42 Å². The van der Waals surface area contributed by atoms with Crippen molar-refractivity contribution in [1.82, 2.24) is 15.0 Å². The lowest BCUT2D eigenvalue weighted by Crippen LogP contribution is -2.02. The van der Waals surface area contributed by atoms with Crippen molar-refractivity contribution < 1.29 is 13.0 Å². The average molecular weight is 340 g/mol. The summed E-state index contributed by atoms with van der Waals surface area (Å²) in [5.41, 5.74) is 7.92. The second-order valence-corrected chi connectivity index (χ2v) is 6.70. The predicted octanol–water partition coefficient (Wildman–Crippen LogP) is 2.40. The first-order chi connectivity index (χ1) is 11.4. The third-order valence-corrected chi connectivity index (χ3v) is 4.68.